The summed E-state index contributed by atoms with van der Waals surface area (Å²) in [4.78, 5) is 2.30. The van der Waals surface area contributed by atoms with Gasteiger partial charge in [0, 0.05) is 19.6 Å². The van der Waals surface area contributed by atoms with Crippen LogP contribution in [0.4, 0.5) is 0 Å². The van der Waals surface area contributed by atoms with Gasteiger partial charge >= 0.3 is 0 Å². The van der Waals surface area contributed by atoms with Crippen molar-refractivity contribution in [1.82, 2.24) is 4.90 Å². The van der Waals surface area contributed by atoms with Crippen molar-refractivity contribution in [3.05, 3.63) is 12.2 Å². The maximum absolute atomic E-state index is 8.47. The molecule has 0 saturated carbocycles. The molecule has 0 aromatic heterocycles. The second-order valence-electron chi connectivity index (χ2n) is 2.57. The monoisotopic (exact) mass is 157 g/mol. The Labute approximate surface area is 67.3 Å². The molecular formula is C8H15NO2. The minimum absolute atomic E-state index is 0.143. The van der Waals surface area contributed by atoms with Gasteiger partial charge in [-0.05, 0) is 0 Å². The van der Waals surface area contributed by atoms with Gasteiger partial charge < -0.3 is 9.84 Å². The Morgan fingerprint density at radius 1 is 1.27 bits per heavy atom. The summed E-state index contributed by atoms with van der Waals surface area (Å²) in [5.41, 5.74) is 0. The molecule has 1 heterocycles. The van der Waals surface area contributed by atoms with Crippen LogP contribution in [0.25, 0.3) is 0 Å². The van der Waals surface area contributed by atoms with Crippen LogP contribution in [0.3, 0.4) is 0 Å². The quantitative estimate of drug-likeness (QED) is 0.579. The Hall–Kier alpha value is -0.380. The number of hydrogen-bond donors (Lipinski definition) is 1. The minimum atomic E-state index is 0.143. The van der Waals surface area contributed by atoms with E-state index in [1.807, 2.05) is 6.08 Å². The second kappa shape index (κ2) is 5.29. The van der Waals surface area contributed by atoms with E-state index in [0.717, 1.165) is 32.8 Å². The Bertz CT molecular complexity index is 119. The van der Waals surface area contributed by atoms with E-state index in [4.69, 9.17) is 9.84 Å². The molecule has 0 aliphatic carbocycles. The number of hydrogen-bond acceptors (Lipinski definition) is 3. The van der Waals surface area contributed by atoms with E-state index in [2.05, 4.69) is 4.90 Å². The summed E-state index contributed by atoms with van der Waals surface area (Å²) < 4.78 is 5.19. The van der Waals surface area contributed by atoms with Gasteiger partial charge in [-0.3, -0.25) is 4.90 Å². The molecule has 1 N–H and O–H groups in total. The van der Waals surface area contributed by atoms with Crippen molar-refractivity contribution in [3.8, 4) is 0 Å². The highest BCUT2D eigenvalue weighted by Crippen LogP contribution is 1.95. The van der Waals surface area contributed by atoms with Gasteiger partial charge in [0.25, 0.3) is 0 Å². The van der Waals surface area contributed by atoms with Crippen molar-refractivity contribution < 1.29 is 9.84 Å². The van der Waals surface area contributed by atoms with Crippen LogP contribution in [0.2, 0.25) is 0 Å². The molecule has 11 heavy (non-hydrogen) atoms. The summed E-state index contributed by atoms with van der Waals surface area (Å²) in [7, 11) is 0. The van der Waals surface area contributed by atoms with Crippen LogP contribution in [0, 0.1) is 0 Å². The van der Waals surface area contributed by atoms with Gasteiger partial charge in [0.2, 0.25) is 0 Å². The predicted molar refractivity (Wildman–Crippen MR) is 43.5 cm³/mol. The smallest absolute Gasteiger partial charge is 0.0612 e. The summed E-state index contributed by atoms with van der Waals surface area (Å²) in [6, 6.07) is 0. The lowest BCUT2D eigenvalue weighted by Gasteiger charge is -2.24. The fraction of sp³-hybridized carbons (Fsp3) is 0.750. The van der Waals surface area contributed by atoms with Gasteiger partial charge in [-0.2, -0.15) is 0 Å². The van der Waals surface area contributed by atoms with Gasteiger partial charge in [0.05, 0.1) is 19.8 Å². The molecule has 0 spiro atoms. The molecule has 0 atom stereocenters. The van der Waals surface area contributed by atoms with Crippen molar-refractivity contribution in [2.75, 3.05) is 39.5 Å². The molecule has 0 aromatic carbocycles. The Kier molecular flexibility index (Phi) is 4.19. The van der Waals surface area contributed by atoms with Crippen molar-refractivity contribution in [2.24, 2.45) is 0 Å². The van der Waals surface area contributed by atoms with E-state index in [1.165, 1.54) is 0 Å². The van der Waals surface area contributed by atoms with Crippen LogP contribution in [0.15, 0.2) is 12.2 Å². The van der Waals surface area contributed by atoms with E-state index >= 15 is 0 Å². The number of aliphatic hydroxyl groups excluding tert-OH is 1. The van der Waals surface area contributed by atoms with Gasteiger partial charge in [0.15, 0.2) is 0 Å². The molecule has 1 fully saturated rings. The summed E-state index contributed by atoms with van der Waals surface area (Å²) >= 11 is 0. The zero-order valence-electron chi connectivity index (χ0n) is 6.70. The van der Waals surface area contributed by atoms with Crippen LogP contribution in [-0.2, 0) is 4.74 Å². The average molecular weight is 157 g/mol. The van der Waals surface area contributed by atoms with Crippen molar-refractivity contribution in [2.45, 2.75) is 0 Å². The molecule has 64 valence electrons. The van der Waals surface area contributed by atoms with E-state index in [-0.39, 0.29) is 6.61 Å². The molecule has 3 nitrogen and oxygen atoms in total. The third-order valence-corrected chi connectivity index (χ3v) is 1.74. The molecule has 0 radical (unpaired) electrons. The highest BCUT2D eigenvalue weighted by Gasteiger charge is 2.06. The molecule has 1 aliphatic rings. The van der Waals surface area contributed by atoms with Gasteiger partial charge in [-0.1, -0.05) is 12.2 Å². The maximum atomic E-state index is 8.47. The van der Waals surface area contributed by atoms with E-state index in [9.17, 15) is 0 Å². The first-order chi connectivity index (χ1) is 5.43. The highest BCUT2D eigenvalue weighted by atomic mass is 16.5. The molecule has 1 saturated heterocycles. The largest absolute Gasteiger partial charge is 0.392 e. The normalized spacial score (nSPS) is 21.2. The van der Waals surface area contributed by atoms with E-state index in [0.29, 0.717) is 0 Å². The molecular weight excluding hydrogens is 142 g/mol. The van der Waals surface area contributed by atoms with Gasteiger partial charge in [0.1, 0.15) is 0 Å². The summed E-state index contributed by atoms with van der Waals surface area (Å²) in [6.45, 7) is 4.78. The third kappa shape index (κ3) is 3.51. The predicted octanol–water partition coefficient (Wildman–Crippen LogP) is -0.133. The fourth-order valence-electron chi connectivity index (χ4n) is 1.08. The molecule has 0 amide bonds. The van der Waals surface area contributed by atoms with Crippen molar-refractivity contribution >= 4 is 0 Å². The molecule has 3 heteroatoms. The van der Waals surface area contributed by atoms with Crippen molar-refractivity contribution in [3.63, 3.8) is 0 Å². The first kappa shape index (κ1) is 8.71. The first-order valence-electron chi connectivity index (χ1n) is 3.99. The summed E-state index contributed by atoms with van der Waals surface area (Å²) in [5.74, 6) is 0. The van der Waals surface area contributed by atoms with Crippen molar-refractivity contribution in [1.29, 1.82) is 0 Å². The topological polar surface area (TPSA) is 32.7 Å². The molecule has 0 bridgehead atoms. The highest BCUT2D eigenvalue weighted by molar-refractivity contribution is 4.84. The average Bonchev–Trinajstić information content (AvgIpc) is 2.07. The Morgan fingerprint density at radius 3 is 2.64 bits per heavy atom. The van der Waals surface area contributed by atoms with Gasteiger partial charge in [-0.15, -0.1) is 0 Å². The summed E-state index contributed by atoms with van der Waals surface area (Å²) in [5, 5.41) is 8.47. The van der Waals surface area contributed by atoms with Crippen LogP contribution >= 0.6 is 0 Å². The standard InChI is InChI=1S/C8H15NO2/c10-6-2-1-3-9-4-7-11-8-5-9/h1-2,10H,3-8H2/b2-1-. The maximum Gasteiger partial charge on any atom is 0.0612 e. The number of rotatable bonds is 3. The van der Waals surface area contributed by atoms with E-state index < -0.39 is 0 Å². The number of morpholine rings is 1. The Morgan fingerprint density at radius 2 is 2.00 bits per heavy atom. The van der Waals surface area contributed by atoms with Crippen LogP contribution < -0.4 is 0 Å². The lowest BCUT2D eigenvalue weighted by molar-refractivity contribution is 0.0434. The van der Waals surface area contributed by atoms with Crippen LogP contribution in [-0.4, -0.2) is 49.5 Å². The lowest BCUT2D eigenvalue weighted by Crippen LogP contribution is -2.36. The molecule has 1 rings (SSSR count). The molecule has 0 aromatic rings. The molecule has 1 aliphatic heterocycles. The van der Waals surface area contributed by atoms with Crippen LogP contribution in [0.1, 0.15) is 0 Å². The lowest BCUT2D eigenvalue weighted by atomic mass is 10.4. The first-order valence-corrected chi connectivity index (χ1v) is 3.99. The fourth-order valence-corrected chi connectivity index (χ4v) is 1.08. The number of nitrogens with zero attached hydrogens (tertiary/aromatic N) is 1. The minimum Gasteiger partial charge on any atom is -0.392 e. The molecule has 0 unspecified atom stereocenters. The third-order valence-electron chi connectivity index (χ3n) is 1.74. The number of ether oxygens (including phenoxy) is 1. The Balaban J connectivity index is 2.09. The zero-order valence-corrected chi connectivity index (χ0v) is 6.70. The van der Waals surface area contributed by atoms with Gasteiger partial charge in [-0.25, -0.2) is 0 Å². The zero-order chi connectivity index (χ0) is 7.94. The second-order valence-corrected chi connectivity index (χ2v) is 2.57. The van der Waals surface area contributed by atoms with Crippen LogP contribution in [0.5, 0.6) is 0 Å². The van der Waals surface area contributed by atoms with E-state index in [1.54, 1.807) is 6.08 Å². The number of aliphatic hydroxyl groups is 1. The summed E-state index contributed by atoms with van der Waals surface area (Å²) in [6.07, 6.45) is 3.76. The SMILES string of the molecule is OC/C=C\CN1CCOCC1.